The molecule has 26 heavy (non-hydrogen) atoms. The van der Waals surface area contributed by atoms with Crippen molar-refractivity contribution in [1.29, 1.82) is 0 Å². The summed E-state index contributed by atoms with van der Waals surface area (Å²) in [5, 5.41) is 12.6. The Kier molecular flexibility index (Phi) is 4.46. The van der Waals surface area contributed by atoms with E-state index in [2.05, 4.69) is 15.4 Å². The molecule has 3 heterocycles. The van der Waals surface area contributed by atoms with Gasteiger partial charge in [0.2, 0.25) is 0 Å². The molecular formula is C17H17ClFN5O2. The van der Waals surface area contributed by atoms with E-state index in [1.54, 1.807) is 18.2 Å². The van der Waals surface area contributed by atoms with Crippen LogP contribution in [0.1, 0.15) is 31.4 Å². The first-order chi connectivity index (χ1) is 12.5. The summed E-state index contributed by atoms with van der Waals surface area (Å²) in [6, 6.07) is 6.27. The van der Waals surface area contributed by atoms with Gasteiger partial charge in [0.1, 0.15) is 5.82 Å². The molecule has 1 aromatic carbocycles. The molecule has 0 spiro atoms. The maximum absolute atomic E-state index is 13.9. The van der Waals surface area contributed by atoms with Crippen LogP contribution in [0.5, 0.6) is 0 Å². The topological polar surface area (TPSA) is 74.8 Å². The predicted octanol–water partition coefficient (Wildman–Crippen LogP) is 2.57. The third-order valence-corrected chi connectivity index (χ3v) is 4.97. The Hall–Kier alpha value is -2.32. The van der Waals surface area contributed by atoms with E-state index in [9.17, 15) is 9.18 Å². The SMILES string of the molecule is C[C@@H]1C[C@H](n2nnc3c(Cl)n(Cc4ccccc4F)nc3c2=O)CCO1. The lowest BCUT2D eigenvalue weighted by Gasteiger charge is -2.27. The van der Waals surface area contributed by atoms with E-state index in [4.69, 9.17) is 16.3 Å². The molecule has 1 aliphatic heterocycles. The van der Waals surface area contributed by atoms with E-state index in [0.717, 1.165) is 0 Å². The van der Waals surface area contributed by atoms with Gasteiger partial charge in [-0.3, -0.25) is 4.79 Å². The number of ether oxygens (including phenoxy) is 1. The van der Waals surface area contributed by atoms with Crippen LogP contribution in [0.4, 0.5) is 4.39 Å². The van der Waals surface area contributed by atoms with E-state index in [-0.39, 0.29) is 46.3 Å². The van der Waals surface area contributed by atoms with Crippen LogP contribution in [0.15, 0.2) is 29.1 Å². The molecule has 2 aromatic heterocycles. The molecule has 4 rings (SSSR count). The number of halogens is 2. The van der Waals surface area contributed by atoms with E-state index in [0.29, 0.717) is 25.0 Å². The first-order valence-corrected chi connectivity index (χ1v) is 8.79. The Morgan fingerprint density at radius 1 is 1.35 bits per heavy atom. The summed E-state index contributed by atoms with van der Waals surface area (Å²) in [5.41, 5.74) is 0.446. The predicted molar refractivity (Wildman–Crippen MR) is 93.8 cm³/mol. The number of hydrogen-bond donors (Lipinski definition) is 0. The van der Waals surface area contributed by atoms with Crippen molar-refractivity contribution >= 4 is 22.6 Å². The van der Waals surface area contributed by atoms with Gasteiger partial charge in [-0.05, 0) is 25.8 Å². The van der Waals surface area contributed by atoms with Gasteiger partial charge in [-0.2, -0.15) is 5.10 Å². The second-order valence-corrected chi connectivity index (χ2v) is 6.79. The Bertz CT molecular complexity index is 1020. The molecule has 1 saturated heterocycles. The van der Waals surface area contributed by atoms with Crippen molar-refractivity contribution in [2.24, 2.45) is 0 Å². The highest BCUT2D eigenvalue weighted by atomic mass is 35.5. The first kappa shape index (κ1) is 17.1. The quantitative estimate of drug-likeness (QED) is 0.701. The molecule has 0 aliphatic carbocycles. The van der Waals surface area contributed by atoms with Crippen molar-refractivity contribution in [2.45, 2.75) is 38.5 Å². The molecular weight excluding hydrogens is 361 g/mol. The molecule has 9 heteroatoms. The van der Waals surface area contributed by atoms with Crippen molar-refractivity contribution in [3.05, 3.63) is 51.2 Å². The summed E-state index contributed by atoms with van der Waals surface area (Å²) in [6.07, 6.45) is 1.43. The summed E-state index contributed by atoms with van der Waals surface area (Å²) in [5.74, 6) is -0.359. The highest BCUT2D eigenvalue weighted by Gasteiger charge is 2.25. The minimum atomic E-state index is -0.359. The fourth-order valence-electron chi connectivity index (χ4n) is 3.23. The smallest absolute Gasteiger partial charge is 0.298 e. The van der Waals surface area contributed by atoms with Gasteiger partial charge in [0.25, 0.3) is 5.56 Å². The standard InChI is InChI=1S/C17H17ClFN5O2/c1-10-8-12(6-7-26-10)24-17(25)15-14(20-22-24)16(18)23(21-15)9-11-4-2-3-5-13(11)19/h2-5,10,12H,6-9H2,1H3/t10-,12-/m1/s1. The Morgan fingerprint density at radius 2 is 2.15 bits per heavy atom. The zero-order valence-corrected chi connectivity index (χ0v) is 14.9. The highest BCUT2D eigenvalue weighted by Crippen LogP contribution is 2.24. The third-order valence-electron chi connectivity index (χ3n) is 4.60. The van der Waals surface area contributed by atoms with E-state index in [1.807, 2.05) is 6.92 Å². The fourth-order valence-corrected chi connectivity index (χ4v) is 3.46. The van der Waals surface area contributed by atoms with Crippen molar-refractivity contribution < 1.29 is 9.13 Å². The van der Waals surface area contributed by atoms with Gasteiger partial charge in [0.15, 0.2) is 16.2 Å². The van der Waals surface area contributed by atoms with Crippen LogP contribution in [0.25, 0.3) is 11.0 Å². The van der Waals surface area contributed by atoms with Crippen molar-refractivity contribution in [3.63, 3.8) is 0 Å². The van der Waals surface area contributed by atoms with E-state index < -0.39 is 0 Å². The van der Waals surface area contributed by atoms with Crippen LogP contribution in [-0.2, 0) is 11.3 Å². The minimum Gasteiger partial charge on any atom is -0.378 e. The number of aromatic nitrogens is 5. The van der Waals surface area contributed by atoms with E-state index >= 15 is 0 Å². The summed E-state index contributed by atoms with van der Waals surface area (Å²) in [4.78, 5) is 12.8. The molecule has 3 aromatic rings. The Morgan fingerprint density at radius 3 is 2.92 bits per heavy atom. The number of nitrogens with zero attached hydrogens (tertiary/aromatic N) is 5. The Balaban J connectivity index is 1.74. The lowest BCUT2D eigenvalue weighted by Crippen LogP contribution is -2.34. The van der Waals surface area contributed by atoms with Gasteiger partial charge in [-0.15, -0.1) is 5.10 Å². The van der Waals surface area contributed by atoms with Crippen molar-refractivity contribution in [3.8, 4) is 0 Å². The first-order valence-electron chi connectivity index (χ1n) is 8.41. The van der Waals surface area contributed by atoms with Crippen LogP contribution in [0.2, 0.25) is 5.15 Å². The van der Waals surface area contributed by atoms with Gasteiger partial charge < -0.3 is 4.74 Å². The van der Waals surface area contributed by atoms with Crippen molar-refractivity contribution in [2.75, 3.05) is 6.61 Å². The lowest BCUT2D eigenvalue weighted by molar-refractivity contribution is 0.00204. The summed E-state index contributed by atoms with van der Waals surface area (Å²) in [7, 11) is 0. The van der Waals surface area contributed by atoms with Crippen LogP contribution in [-0.4, -0.2) is 37.5 Å². The Labute approximate surface area is 153 Å². The fraction of sp³-hybridized carbons (Fsp3) is 0.412. The van der Waals surface area contributed by atoms with Gasteiger partial charge in [-0.25, -0.2) is 13.8 Å². The molecule has 0 amide bonds. The zero-order chi connectivity index (χ0) is 18.3. The molecule has 0 bridgehead atoms. The molecule has 0 radical (unpaired) electrons. The molecule has 0 unspecified atom stereocenters. The number of fused-ring (bicyclic) bond motifs is 1. The monoisotopic (exact) mass is 377 g/mol. The van der Waals surface area contributed by atoms with Gasteiger partial charge in [0.05, 0.1) is 18.7 Å². The second kappa shape index (κ2) is 6.77. The molecule has 1 aliphatic rings. The maximum atomic E-state index is 13.9. The van der Waals surface area contributed by atoms with Gasteiger partial charge in [0, 0.05) is 12.2 Å². The highest BCUT2D eigenvalue weighted by molar-refractivity contribution is 6.33. The molecule has 1 fully saturated rings. The zero-order valence-electron chi connectivity index (χ0n) is 14.1. The molecule has 0 N–H and O–H groups in total. The molecule has 7 nitrogen and oxygen atoms in total. The maximum Gasteiger partial charge on any atom is 0.298 e. The van der Waals surface area contributed by atoms with Crippen LogP contribution in [0, 0.1) is 5.82 Å². The summed E-state index contributed by atoms with van der Waals surface area (Å²) < 4.78 is 22.1. The molecule has 0 saturated carbocycles. The van der Waals surface area contributed by atoms with Gasteiger partial charge in [-0.1, -0.05) is 35.0 Å². The molecule has 136 valence electrons. The van der Waals surface area contributed by atoms with Crippen LogP contribution >= 0.6 is 11.6 Å². The average molecular weight is 378 g/mol. The summed E-state index contributed by atoms with van der Waals surface area (Å²) in [6.45, 7) is 2.64. The van der Waals surface area contributed by atoms with Crippen LogP contribution < -0.4 is 5.56 Å². The summed E-state index contributed by atoms with van der Waals surface area (Å²) >= 11 is 6.30. The molecule has 2 atom stereocenters. The van der Waals surface area contributed by atoms with Gasteiger partial charge >= 0.3 is 0 Å². The van der Waals surface area contributed by atoms with Crippen LogP contribution in [0.3, 0.4) is 0 Å². The number of benzene rings is 1. The van der Waals surface area contributed by atoms with E-state index in [1.165, 1.54) is 15.4 Å². The number of hydrogen-bond acceptors (Lipinski definition) is 5. The minimum absolute atomic E-state index is 0.0559. The largest absolute Gasteiger partial charge is 0.378 e. The second-order valence-electron chi connectivity index (χ2n) is 6.44. The number of rotatable bonds is 3. The average Bonchev–Trinajstić information content (AvgIpc) is 2.94. The van der Waals surface area contributed by atoms with Crippen molar-refractivity contribution in [1.82, 2.24) is 24.8 Å². The third kappa shape index (κ3) is 2.99. The lowest BCUT2D eigenvalue weighted by atomic mass is 10.0. The normalized spacial score (nSPS) is 20.6.